The summed E-state index contributed by atoms with van der Waals surface area (Å²) in [4.78, 5) is 22.8. The normalized spacial score (nSPS) is 15.7. The van der Waals surface area contributed by atoms with Gasteiger partial charge >= 0.3 is 5.97 Å². The molecule has 5 rings (SSSR count). The molecule has 2 atom stereocenters. The number of hydrogen-bond donors (Lipinski definition) is 2. The molecule has 4 aromatic rings. The molecular weight excluding hydrogens is 520 g/mol. The smallest absolute Gasteiger partial charge is 0.304 e. The standard InChI is InChI=1S/C31H36N4O3.CH2O2/c1-5-25-19-34(17-23-9-7-8-10-29(23)38-25)18-24-15-22(12-11-20(24)3)27(16-30(36)37)26-13-14-28-31(21(26)4)32-33-35(28)6-2;2-1-3/h7-15,25,27H,5-6,16-19H2,1-4H3,(H,36,37);1H,(H,2,3). The Labute approximate surface area is 240 Å². The Morgan fingerprint density at radius 1 is 1.15 bits per heavy atom. The van der Waals surface area contributed by atoms with Gasteiger partial charge in [0.2, 0.25) is 0 Å². The average molecular weight is 559 g/mol. The number of carboxylic acids is 1. The highest BCUT2D eigenvalue weighted by Gasteiger charge is 2.25. The van der Waals surface area contributed by atoms with E-state index in [2.05, 4.69) is 71.5 Å². The highest BCUT2D eigenvalue weighted by atomic mass is 16.5. The predicted molar refractivity (Wildman–Crippen MR) is 157 cm³/mol. The third-order valence-corrected chi connectivity index (χ3v) is 7.78. The first-order chi connectivity index (χ1) is 19.8. The zero-order valence-corrected chi connectivity index (χ0v) is 24.1. The molecule has 0 bridgehead atoms. The summed E-state index contributed by atoms with van der Waals surface area (Å²) in [7, 11) is 0. The molecule has 0 fully saturated rings. The molecule has 216 valence electrons. The van der Waals surface area contributed by atoms with Crippen molar-refractivity contribution in [3.05, 3.63) is 88.0 Å². The van der Waals surface area contributed by atoms with Crippen LogP contribution in [-0.2, 0) is 29.2 Å². The molecule has 1 aliphatic heterocycles. The zero-order chi connectivity index (χ0) is 29.5. The molecule has 0 saturated heterocycles. The number of rotatable bonds is 8. The van der Waals surface area contributed by atoms with Crippen LogP contribution in [0.25, 0.3) is 11.0 Å². The number of carbonyl (C=O) groups is 2. The van der Waals surface area contributed by atoms with Crippen LogP contribution in [0.2, 0.25) is 0 Å². The number of aliphatic carboxylic acids is 1. The molecule has 2 N–H and O–H groups in total. The van der Waals surface area contributed by atoms with Crippen LogP contribution in [-0.4, -0.2) is 55.2 Å². The lowest BCUT2D eigenvalue weighted by Crippen LogP contribution is -2.32. The van der Waals surface area contributed by atoms with Crippen molar-refractivity contribution in [2.45, 2.75) is 72.2 Å². The van der Waals surface area contributed by atoms with Gasteiger partial charge in [0.1, 0.15) is 17.4 Å². The molecule has 0 aliphatic carbocycles. The van der Waals surface area contributed by atoms with E-state index in [0.717, 1.165) is 66.1 Å². The Hall–Kier alpha value is -4.24. The third kappa shape index (κ3) is 6.74. The maximum Gasteiger partial charge on any atom is 0.304 e. The number of carboxylic acid groups (broad SMARTS) is 2. The van der Waals surface area contributed by atoms with Gasteiger partial charge in [-0.05, 0) is 67.1 Å². The minimum absolute atomic E-state index is 0.0135. The Kier molecular flexibility index (Phi) is 9.73. The molecule has 1 aromatic heterocycles. The van der Waals surface area contributed by atoms with Gasteiger partial charge in [0.25, 0.3) is 6.47 Å². The lowest BCUT2D eigenvalue weighted by Gasteiger charge is -2.25. The van der Waals surface area contributed by atoms with Crippen LogP contribution in [0.1, 0.15) is 66.0 Å². The summed E-state index contributed by atoms with van der Waals surface area (Å²) in [5.74, 6) is -0.125. The van der Waals surface area contributed by atoms with Crippen molar-refractivity contribution in [1.82, 2.24) is 19.9 Å². The molecule has 0 amide bonds. The van der Waals surface area contributed by atoms with Crippen LogP contribution in [0.5, 0.6) is 5.75 Å². The van der Waals surface area contributed by atoms with E-state index >= 15 is 0 Å². The van der Waals surface area contributed by atoms with Gasteiger partial charge in [-0.15, -0.1) is 5.10 Å². The second-order valence-electron chi connectivity index (χ2n) is 10.4. The summed E-state index contributed by atoms with van der Waals surface area (Å²) in [6, 6.07) is 18.8. The largest absolute Gasteiger partial charge is 0.489 e. The van der Waals surface area contributed by atoms with Crippen molar-refractivity contribution in [2.75, 3.05) is 6.54 Å². The molecule has 1 aliphatic rings. The number of aromatic nitrogens is 3. The van der Waals surface area contributed by atoms with Crippen LogP contribution in [0.15, 0.2) is 54.6 Å². The summed E-state index contributed by atoms with van der Waals surface area (Å²) in [5, 5.41) is 25.4. The van der Waals surface area contributed by atoms with Crippen molar-refractivity contribution >= 4 is 23.5 Å². The number of ether oxygens (including phenoxy) is 1. The van der Waals surface area contributed by atoms with E-state index in [1.165, 1.54) is 16.7 Å². The monoisotopic (exact) mass is 558 g/mol. The quantitative estimate of drug-likeness (QED) is 0.270. The van der Waals surface area contributed by atoms with Crippen molar-refractivity contribution < 1.29 is 24.5 Å². The Bertz CT molecular complexity index is 1520. The summed E-state index contributed by atoms with van der Waals surface area (Å²) in [6.07, 6.45) is 1.09. The maximum absolute atomic E-state index is 12.0. The third-order valence-electron chi connectivity index (χ3n) is 7.78. The predicted octanol–water partition coefficient (Wildman–Crippen LogP) is 5.55. The van der Waals surface area contributed by atoms with Crippen LogP contribution < -0.4 is 4.74 Å². The number of benzene rings is 3. The molecule has 41 heavy (non-hydrogen) atoms. The van der Waals surface area contributed by atoms with Gasteiger partial charge in [0, 0.05) is 37.7 Å². The number of fused-ring (bicyclic) bond motifs is 2. The van der Waals surface area contributed by atoms with Gasteiger partial charge in [-0.25, -0.2) is 4.68 Å². The number of para-hydroxylation sites is 1. The first kappa shape index (κ1) is 29.7. The minimum Gasteiger partial charge on any atom is -0.489 e. The summed E-state index contributed by atoms with van der Waals surface area (Å²) in [5.41, 5.74) is 8.41. The van der Waals surface area contributed by atoms with Gasteiger partial charge in [-0.2, -0.15) is 0 Å². The average Bonchev–Trinajstić information content (AvgIpc) is 3.29. The van der Waals surface area contributed by atoms with Gasteiger partial charge in [-0.3, -0.25) is 14.5 Å². The molecule has 0 radical (unpaired) electrons. The Morgan fingerprint density at radius 2 is 1.90 bits per heavy atom. The molecule has 0 saturated carbocycles. The Morgan fingerprint density at radius 3 is 2.61 bits per heavy atom. The van der Waals surface area contributed by atoms with Crippen molar-refractivity contribution in [3.63, 3.8) is 0 Å². The molecule has 2 unspecified atom stereocenters. The topological polar surface area (TPSA) is 118 Å². The van der Waals surface area contributed by atoms with E-state index in [4.69, 9.17) is 14.6 Å². The molecule has 0 spiro atoms. The summed E-state index contributed by atoms with van der Waals surface area (Å²) < 4.78 is 8.18. The van der Waals surface area contributed by atoms with Gasteiger partial charge in [-0.1, -0.05) is 54.6 Å². The van der Waals surface area contributed by atoms with Gasteiger partial charge < -0.3 is 14.9 Å². The van der Waals surface area contributed by atoms with Gasteiger partial charge in [0.05, 0.1) is 11.9 Å². The highest BCUT2D eigenvalue weighted by Crippen LogP contribution is 2.35. The van der Waals surface area contributed by atoms with Crippen molar-refractivity contribution in [1.29, 1.82) is 0 Å². The fraction of sp³-hybridized carbons (Fsp3) is 0.375. The fourth-order valence-corrected chi connectivity index (χ4v) is 5.59. The van der Waals surface area contributed by atoms with E-state index in [0.29, 0.717) is 0 Å². The van der Waals surface area contributed by atoms with E-state index < -0.39 is 5.97 Å². The van der Waals surface area contributed by atoms with E-state index in [1.807, 2.05) is 30.7 Å². The summed E-state index contributed by atoms with van der Waals surface area (Å²) >= 11 is 0. The molecular formula is C32H38N4O5. The number of aryl methyl sites for hydroxylation is 3. The van der Waals surface area contributed by atoms with E-state index in [9.17, 15) is 9.90 Å². The van der Waals surface area contributed by atoms with Crippen LogP contribution in [0, 0.1) is 13.8 Å². The Balaban J connectivity index is 0.00000124. The first-order valence-corrected chi connectivity index (χ1v) is 14.0. The molecule has 9 heteroatoms. The molecule has 2 heterocycles. The molecule has 3 aromatic carbocycles. The fourth-order valence-electron chi connectivity index (χ4n) is 5.59. The summed E-state index contributed by atoms with van der Waals surface area (Å²) in [6.45, 7) is 11.3. The molecule has 9 nitrogen and oxygen atoms in total. The second kappa shape index (κ2) is 13.4. The van der Waals surface area contributed by atoms with Crippen molar-refractivity contribution in [2.24, 2.45) is 0 Å². The van der Waals surface area contributed by atoms with Crippen molar-refractivity contribution in [3.8, 4) is 5.75 Å². The zero-order valence-electron chi connectivity index (χ0n) is 24.1. The number of hydrogen-bond acceptors (Lipinski definition) is 6. The number of nitrogens with zero attached hydrogens (tertiary/aromatic N) is 4. The van der Waals surface area contributed by atoms with E-state index in [1.54, 1.807) is 0 Å². The van der Waals surface area contributed by atoms with Crippen LogP contribution in [0.3, 0.4) is 0 Å². The minimum atomic E-state index is -0.819. The maximum atomic E-state index is 12.0. The lowest BCUT2D eigenvalue weighted by molar-refractivity contribution is -0.137. The highest BCUT2D eigenvalue weighted by molar-refractivity contribution is 5.80. The first-order valence-electron chi connectivity index (χ1n) is 14.0. The van der Waals surface area contributed by atoms with E-state index in [-0.39, 0.29) is 24.9 Å². The van der Waals surface area contributed by atoms with Gasteiger partial charge in [0.15, 0.2) is 0 Å². The SMILES string of the molecule is CCC1CN(Cc2cc(C(CC(=O)O)c3ccc4c(nnn4CC)c3C)ccc2C)Cc2ccccc2O1.O=CO. The van der Waals surface area contributed by atoms with Crippen LogP contribution in [0.4, 0.5) is 0 Å². The second-order valence-corrected chi connectivity index (χ2v) is 10.4. The van der Waals surface area contributed by atoms with Crippen LogP contribution >= 0.6 is 0 Å². The lowest BCUT2D eigenvalue weighted by atomic mass is 9.84.